The molecule has 2 aromatic heterocycles. The number of imidazole rings is 1. The molecule has 0 aliphatic rings. The molecule has 0 unspecified atom stereocenters. The maximum Gasteiger partial charge on any atom is 0.151 e. The number of hydrogen-bond acceptors (Lipinski definition) is 3. The van der Waals surface area contributed by atoms with Crippen LogP contribution in [0.1, 0.15) is 11.5 Å². The van der Waals surface area contributed by atoms with Crippen molar-refractivity contribution in [1.82, 2.24) is 14.5 Å². The Morgan fingerprint density at radius 3 is 3.00 bits per heavy atom. The van der Waals surface area contributed by atoms with Gasteiger partial charge in [-0.2, -0.15) is 0 Å². The lowest BCUT2D eigenvalue weighted by Crippen LogP contribution is -2.06. The van der Waals surface area contributed by atoms with Gasteiger partial charge in [-0.25, -0.2) is 14.4 Å². The van der Waals surface area contributed by atoms with Crippen molar-refractivity contribution in [3.63, 3.8) is 0 Å². The van der Waals surface area contributed by atoms with Crippen LogP contribution in [0.3, 0.4) is 0 Å². The van der Waals surface area contributed by atoms with Gasteiger partial charge in [0, 0.05) is 17.7 Å². The Morgan fingerprint density at radius 1 is 1.37 bits per heavy atom. The molecule has 3 rings (SSSR count). The van der Waals surface area contributed by atoms with Crippen LogP contribution in [-0.2, 0) is 13.0 Å². The molecule has 0 aliphatic carbocycles. The van der Waals surface area contributed by atoms with Crippen molar-refractivity contribution in [3.05, 3.63) is 46.4 Å². The van der Waals surface area contributed by atoms with E-state index in [1.807, 2.05) is 16.0 Å². The molecule has 19 heavy (non-hydrogen) atoms. The minimum atomic E-state index is -0.301. The van der Waals surface area contributed by atoms with Crippen LogP contribution in [0.15, 0.2) is 29.1 Å². The Morgan fingerprint density at radius 2 is 2.26 bits per heavy atom. The van der Waals surface area contributed by atoms with E-state index in [-0.39, 0.29) is 5.82 Å². The first kappa shape index (κ1) is 12.6. The van der Waals surface area contributed by atoms with Gasteiger partial charge >= 0.3 is 0 Å². The Hall–Kier alpha value is -1.46. The molecule has 0 atom stereocenters. The molecule has 3 aromatic rings. The molecule has 0 spiro atoms. The van der Waals surface area contributed by atoms with Crippen molar-refractivity contribution in [2.45, 2.75) is 13.0 Å². The fourth-order valence-electron chi connectivity index (χ4n) is 2.09. The van der Waals surface area contributed by atoms with Gasteiger partial charge in [-0.1, -0.05) is 6.07 Å². The predicted molar refractivity (Wildman–Crippen MR) is 75.3 cm³/mol. The van der Waals surface area contributed by atoms with Gasteiger partial charge in [0.25, 0.3) is 0 Å². The Bertz CT molecular complexity index is 693. The molecule has 3 nitrogen and oxygen atoms in total. The number of aryl methyl sites for hydroxylation is 1. The summed E-state index contributed by atoms with van der Waals surface area (Å²) >= 11 is 7.34. The van der Waals surface area contributed by atoms with Crippen molar-refractivity contribution < 1.29 is 4.39 Å². The number of nitrogens with zero attached hydrogens (tertiary/aromatic N) is 3. The molecule has 2 heterocycles. The van der Waals surface area contributed by atoms with E-state index in [4.69, 9.17) is 11.6 Å². The maximum absolute atomic E-state index is 13.8. The van der Waals surface area contributed by atoms with E-state index in [0.29, 0.717) is 24.4 Å². The zero-order valence-electron chi connectivity index (χ0n) is 10.0. The first-order chi connectivity index (χ1) is 9.29. The number of thiazole rings is 1. The number of para-hydroxylation sites is 1. The number of halogens is 2. The summed E-state index contributed by atoms with van der Waals surface area (Å²) < 4.78 is 15.8. The van der Waals surface area contributed by atoms with Gasteiger partial charge in [-0.3, -0.25) is 0 Å². The highest BCUT2D eigenvalue weighted by molar-refractivity contribution is 7.07. The third kappa shape index (κ3) is 2.35. The normalized spacial score (nSPS) is 11.3. The molecule has 0 radical (unpaired) electrons. The van der Waals surface area contributed by atoms with Crippen LogP contribution >= 0.6 is 22.9 Å². The summed E-state index contributed by atoms with van der Waals surface area (Å²) in [6.45, 7) is 0.593. The summed E-state index contributed by atoms with van der Waals surface area (Å²) in [6, 6.07) is 4.99. The quantitative estimate of drug-likeness (QED) is 0.690. The molecule has 0 bridgehead atoms. The van der Waals surface area contributed by atoms with Gasteiger partial charge in [0.15, 0.2) is 5.82 Å². The average Bonchev–Trinajstić information content (AvgIpc) is 3.01. The first-order valence-corrected chi connectivity index (χ1v) is 7.34. The van der Waals surface area contributed by atoms with Gasteiger partial charge in [-0.05, 0) is 12.1 Å². The van der Waals surface area contributed by atoms with Crippen molar-refractivity contribution in [1.29, 1.82) is 0 Å². The topological polar surface area (TPSA) is 30.7 Å². The van der Waals surface area contributed by atoms with Crippen molar-refractivity contribution in [3.8, 4) is 0 Å². The summed E-state index contributed by atoms with van der Waals surface area (Å²) in [6.07, 6.45) is 0.611. The fraction of sp³-hybridized carbons (Fsp3) is 0.231. The third-order valence-electron chi connectivity index (χ3n) is 2.93. The smallest absolute Gasteiger partial charge is 0.151 e. The Balaban J connectivity index is 2.13. The maximum atomic E-state index is 13.8. The monoisotopic (exact) mass is 295 g/mol. The molecule has 0 N–H and O–H groups in total. The third-order valence-corrected chi connectivity index (χ3v) is 3.75. The standard InChI is InChI=1S/C13H11ClFN3S/c14-5-4-12-17-13-10(15)2-1-3-11(13)18(12)6-9-7-19-8-16-9/h1-3,7-8H,4-6H2. The number of fused-ring (bicyclic) bond motifs is 1. The van der Waals surface area contributed by atoms with Gasteiger partial charge in [-0.15, -0.1) is 22.9 Å². The lowest BCUT2D eigenvalue weighted by Gasteiger charge is -2.06. The molecule has 0 saturated heterocycles. The Kier molecular flexibility index (Phi) is 3.48. The predicted octanol–water partition coefficient (Wildman–Crippen LogP) is 3.46. The minimum Gasteiger partial charge on any atom is -0.322 e. The molecule has 6 heteroatoms. The largest absolute Gasteiger partial charge is 0.322 e. The number of aromatic nitrogens is 3. The van der Waals surface area contributed by atoms with E-state index >= 15 is 0 Å². The second kappa shape index (κ2) is 5.27. The highest BCUT2D eigenvalue weighted by atomic mass is 35.5. The second-order valence-corrected chi connectivity index (χ2v) is 5.24. The molecular formula is C13H11ClFN3S. The number of benzene rings is 1. The van der Waals surface area contributed by atoms with Crippen LogP contribution in [0.4, 0.5) is 4.39 Å². The summed E-state index contributed by atoms with van der Waals surface area (Å²) in [5.74, 6) is 0.954. The minimum absolute atomic E-state index is 0.301. The molecule has 98 valence electrons. The molecule has 1 aromatic carbocycles. The second-order valence-electron chi connectivity index (χ2n) is 4.14. The van der Waals surface area contributed by atoms with Crippen molar-refractivity contribution in [2.24, 2.45) is 0 Å². The summed E-state index contributed by atoms with van der Waals surface area (Å²) in [7, 11) is 0. The van der Waals surface area contributed by atoms with Gasteiger partial charge in [0.1, 0.15) is 11.3 Å². The molecule has 0 aliphatic heterocycles. The zero-order chi connectivity index (χ0) is 13.2. The van der Waals surface area contributed by atoms with E-state index in [9.17, 15) is 4.39 Å². The van der Waals surface area contributed by atoms with Gasteiger partial charge in [0.2, 0.25) is 0 Å². The van der Waals surface area contributed by atoms with E-state index in [1.165, 1.54) is 6.07 Å². The van der Waals surface area contributed by atoms with Crippen LogP contribution in [0.2, 0.25) is 0 Å². The lowest BCUT2D eigenvalue weighted by atomic mass is 10.3. The SMILES string of the molecule is Fc1cccc2c1nc(CCCl)n2Cc1cscn1. The molecular weight excluding hydrogens is 285 g/mol. The van der Waals surface area contributed by atoms with Crippen molar-refractivity contribution >= 4 is 34.0 Å². The average molecular weight is 296 g/mol. The highest BCUT2D eigenvalue weighted by Crippen LogP contribution is 2.21. The molecule has 0 saturated carbocycles. The summed E-state index contributed by atoms with van der Waals surface area (Å²) in [5, 5.41) is 1.98. The van der Waals surface area contributed by atoms with Gasteiger partial charge < -0.3 is 4.57 Å². The lowest BCUT2D eigenvalue weighted by molar-refractivity contribution is 0.637. The summed E-state index contributed by atoms with van der Waals surface area (Å²) in [4.78, 5) is 8.63. The summed E-state index contributed by atoms with van der Waals surface area (Å²) in [5.41, 5.74) is 3.92. The zero-order valence-corrected chi connectivity index (χ0v) is 11.6. The van der Waals surface area contributed by atoms with E-state index < -0.39 is 0 Å². The van der Waals surface area contributed by atoms with Crippen LogP contribution < -0.4 is 0 Å². The van der Waals surface area contributed by atoms with Crippen molar-refractivity contribution in [2.75, 3.05) is 5.88 Å². The van der Waals surface area contributed by atoms with Crippen LogP contribution in [-0.4, -0.2) is 20.4 Å². The van der Waals surface area contributed by atoms with Gasteiger partial charge in [0.05, 0.1) is 23.3 Å². The van der Waals surface area contributed by atoms with Crippen LogP contribution in [0, 0.1) is 5.82 Å². The van der Waals surface area contributed by atoms with E-state index in [2.05, 4.69) is 9.97 Å². The Labute approximate surface area is 118 Å². The number of rotatable bonds is 4. The number of hydrogen-bond donors (Lipinski definition) is 0. The van der Waals surface area contributed by atoms with E-state index in [0.717, 1.165) is 17.0 Å². The molecule has 0 amide bonds. The molecule has 0 fully saturated rings. The van der Waals surface area contributed by atoms with Crippen LogP contribution in [0.5, 0.6) is 0 Å². The fourth-order valence-corrected chi connectivity index (χ4v) is 2.81. The highest BCUT2D eigenvalue weighted by Gasteiger charge is 2.14. The van der Waals surface area contributed by atoms with Crippen LogP contribution in [0.25, 0.3) is 11.0 Å². The number of alkyl halides is 1. The van der Waals surface area contributed by atoms with E-state index in [1.54, 1.807) is 22.9 Å². The first-order valence-electron chi connectivity index (χ1n) is 5.86.